The van der Waals surface area contributed by atoms with Gasteiger partial charge in [0.15, 0.2) is 5.65 Å². The van der Waals surface area contributed by atoms with Crippen molar-refractivity contribution >= 4 is 16.9 Å². The third-order valence-corrected chi connectivity index (χ3v) is 6.86. The number of aromatic nitrogens is 4. The summed E-state index contributed by atoms with van der Waals surface area (Å²) in [5.74, 6) is 0.884. The van der Waals surface area contributed by atoms with E-state index < -0.39 is 0 Å². The van der Waals surface area contributed by atoms with Gasteiger partial charge in [0, 0.05) is 44.0 Å². The maximum absolute atomic E-state index is 4.87. The second-order valence-electron chi connectivity index (χ2n) is 9.41. The lowest BCUT2D eigenvalue weighted by molar-refractivity contribution is 0.250. The number of H-pyrrole nitrogens is 1. The zero-order chi connectivity index (χ0) is 23.6. The second-order valence-corrected chi connectivity index (χ2v) is 9.41. The number of piperazine rings is 1. The van der Waals surface area contributed by atoms with Gasteiger partial charge >= 0.3 is 0 Å². The van der Waals surface area contributed by atoms with Gasteiger partial charge in [-0.15, -0.1) is 0 Å². The van der Waals surface area contributed by atoms with E-state index in [-0.39, 0.29) is 0 Å². The fraction of sp³-hybridized carbons (Fsp3) is 0.241. The Hall–Kier alpha value is -3.90. The highest BCUT2D eigenvalue weighted by atomic mass is 15.3. The highest BCUT2D eigenvalue weighted by Gasteiger charge is 2.18. The molecule has 1 saturated heterocycles. The number of nitrogens with one attached hydrogen (secondary N) is 1. The molecular formula is C29H30N6. The number of hydrogen-bond donors (Lipinski definition) is 1. The molecule has 0 amide bonds. The van der Waals surface area contributed by atoms with Gasteiger partial charge in [-0.05, 0) is 42.3 Å². The summed E-state index contributed by atoms with van der Waals surface area (Å²) in [6.45, 7) is 8.10. The number of imidazole rings is 1. The van der Waals surface area contributed by atoms with Crippen LogP contribution in [0.3, 0.4) is 0 Å². The molecule has 6 rings (SSSR count). The molecule has 35 heavy (non-hydrogen) atoms. The Balaban J connectivity index is 1.12. The smallest absolute Gasteiger partial charge is 0.177 e. The van der Waals surface area contributed by atoms with Crippen molar-refractivity contribution in [2.45, 2.75) is 20.0 Å². The Morgan fingerprint density at radius 2 is 1.49 bits per heavy atom. The minimum Gasteiger partial charge on any atom is -0.369 e. The number of aryl methyl sites for hydroxylation is 1. The van der Waals surface area contributed by atoms with Gasteiger partial charge in [0.25, 0.3) is 0 Å². The first kappa shape index (κ1) is 21.6. The summed E-state index contributed by atoms with van der Waals surface area (Å²) in [4.78, 5) is 13.3. The van der Waals surface area contributed by atoms with Crippen molar-refractivity contribution in [1.29, 1.82) is 0 Å². The number of anilines is 1. The molecule has 0 unspecified atom stereocenters. The maximum atomic E-state index is 4.87. The van der Waals surface area contributed by atoms with Crippen LogP contribution in [-0.2, 0) is 13.1 Å². The number of rotatable bonds is 6. The van der Waals surface area contributed by atoms with Gasteiger partial charge in [0.2, 0.25) is 0 Å². The van der Waals surface area contributed by atoms with Crippen molar-refractivity contribution in [3.8, 4) is 11.4 Å². The first-order valence-electron chi connectivity index (χ1n) is 12.3. The van der Waals surface area contributed by atoms with Crippen molar-refractivity contribution in [2.75, 3.05) is 31.1 Å². The van der Waals surface area contributed by atoms with E-state index in [1.807, 2.05) is 10.9 Å². The van der Waals surface area contributed by atoms with Crippen molar-refractivity contribution in [3.05, 3.63) is 102 Å². The van der Waals surface area contributed by atoms with Crippen LogP contribution < -0.4 is 4.90 Å². The first-order valence-corrected chi connectivity index (χ1v) is 12.3. The standard InChI is InChI=1S/C29H30N6/c1-22-7-9-24(10-8-22)21-35-29-27(19-30-35)31-28(32-29)25-11-13-26(14-12-25)34-17-15-33(16-18-34)20-23-5-3-2-4-6-23/h2-14,19H,15-18,20-21H2,1H3,(H,31,32). The van der Waals surface area contributed by atoms with Gasteiger partial charge in [-0.3, -0.25) is 4.90 Å². The van der Waals surface area contributed by atoms with Crippen LogP contribution in [0.15, 0.2) is 85.1 Å². The normalized spacial score (nSPS) is 14.6. The van der Waals surface area contributed by atoms with Crippen LogP contribution in [0.2, 0.25) is 0 Å². The molecule has 176 valence electrons. The molecule has 1 fully saturated rings. The fourth-order valence-electron chi connectivity index (χ4n) is 4.80. The van der Waals surface area contributed by atoms with Gasteiger partial charge in [-0.25, -0.2) is 9.67 Å². The fourth-order valence-corrected chi connectivity index (χ4v) is 4.80. The molecule has 0 saturated carbocycles. The predicted octanol–water partition coefficient (Wildman–Crippen LogP) is 5.11. The zero-order valence-corrected chi connectivity index (χ0v) is 20.1. The lowest BCUT2D eigenvalue weighted by Crippen LogP contribution is -2.45. The van der Waals surface area contributed by atoms with Crippen LogP contribution in [-0.4, -0.2) is 50.8 Å². The molecule has 0 aliphatic carbocycles. The number of fused-ring (bicyclic) bond motifs is 1. The average Bonchev–Trinajstić information content (AvgIpc) is 3.49. The Labute approximate surface area is 205 Å². The maximum Gasteiger partial charge on any atom is 0.177 e. The molecule has 5 aromatic rings. The number of nitrogens with zero attached hydrogens (tertiary/aromatic N) is 5. The largest absolute Gasteiger partial charge is 0.369 e. The Bertz CT molecular complexity index is 1390. The summed E-state index contributed by atoms with van der Waals surface area (Å²) in [6.07, 6.45) is 1.86. The number of aromatic amines is 1. The Morgan fingerprint density at radius 3 is 2.23 bits per heavy atom. The third kappa shape index (κ3) is 4.70. The van der Waals surface area contributed by atoms with Crippen LogP contribution in [0.5, 0.6) is 0 Å². The molecule has 0 radical (unpaired) electrons. The molecule has 3 aromatic carbocycles. The summed E-state index contributed by atoms with van der Waals surface area (Å²) in [5, 5.41) is 4.53. The van der Waals surface area contributed by atoms with Crippen molar-refractivity contribution in [3.63, 3.8) is 0 Å². The first-order chi connectivity index (χ1) is 17.2. The van der Waals surface area contributed by atoms with E-state index in [0.29, 0.717) is 6.54 Å². The lowest BCUT2D eigenvalue weighted by atomic mass is 10.1. The molecule has 1 N–H and O–H groups in total. The summed E-state index contributed by atoms with van der Waals surface area (Å²) >= 11 is 0. The van der Waals surface area contributed by atoms with E-state index in [1.165, 1.54) is 22.4 Å². The summed E-state index contributed by atoms with van der Waals surface area (Å²) in [5.41, 5.74) is 8.09. The quantitative estimate of drug-likeness (QED) is 0.381. The Kier molecular flexibility index (Phi) is 5.80. The highest BCUT2D eigenvalue weighted by molar-refractivity contribution is 5.76. The summed E-state index contributed by atoms with van der Waals surface area (Å²) < 4.78 is 1.96. The van der Waals surface area contributed by atoms with E-state index in [9.17, 15) is 0 Å². The lowest BCUT2D eigenvalue weighted by Gasteiger charge is -2.36. The van der Waals surface area contributed by atoms with E-state index in [0.717, 1.165) is 55.3 Å². The SMILES string of the molecule is Cc1ccc(Cn2ncc3[nH]c(-c4ccc(N5CCN(Cc6ccccc6)CC5)cc4)nc32)cc1. The van der Waals surface area contributed by atoms with E-state index in [4.69, 9.17) is 4.98 Å². The molecule has 2 aromatic heterocycles. The van der Waals surface area contributed by atoms with Crippen molar-refractivity contribution in [2.24, 2.45) is 0 Å². The van der Waals surface area contributed by atoms with E-state index >= 15 is 0 Å². The molecule has 3 heterocycles. The zero-order valence-electron chi connectivity index (χ0n) is 20.1. The summed E-state index contributed by atoms with van der Waals surface area (Å²) in [7, 11) is 0. The molecule has 0 atom stereocenters. The Morgan fingerprint density at radius 1 is 0.771 bits per heavy atom. The monoisotopic (exact) mass is 462 g/mol. The van der Waals surface area contributed by atoms with Crippen molar-refractivity contribution < 1.29 is 0 Å². The molecule has 1 aliphatic heterocycles. The van der Waals surface area contributed by atoms with Crippen LogP contribution in [0, 0.1) is 6.92 Å². The molecule has 0 bridgehead atoms. The summed E-state index contributed by atoms with van der Waals surface area (Å²) in [6, 6.07) is 28.1. The van der Waals surface area contributed by atoms with Gasteiger partial charge in [-0.1, -0.05) is 60.2 Å². The van der Waals surface area contributed by atoms with Gasteiger partial charge in [-0.2, -0.15) is 5.10 Å². The van der Waals surface area contributed by atoms with E-state index in [1.54, 1.807) is 0 Å². The molecule has 6 heteroatoms. The van der Waals surface area contributed by atoms with Crippen molar-refractivity contribution in [1.82, 2.24) is 24.6 Å². The molecule has 0 spiro atoms. The van der Waals surface area contributed by atoms with Crippen LogP contribution in [0.4, 0.5) is 5.69 Å². The number of hydrogen-bond acceptors (Lipinski definition) is 4. The molecule has 1 aliphatic rings. The minimum atomic E-state index is 0.712. The van der Waals surface area contributed by atoms with Gasteiger partial charge in [0.1, 0.15) is 11.3 Å². The topological polar surface area (TPSA) is 53.0 Å². The van der Waals surface area contributed by atoms with E-state index in [2.05, 4.69) is 106 Å². The van der Waals surface area contributed by atoms with Crippen LogP contribution in [0.1, 0.15) is 16.7 Å². The molecule has 6 nitrogen and oxygen atoms in total. The van der Waals surface area contributed by atoms with Gasteiger partial charge < -0.3 is 9.88 Å². The second kappa shape index (κ2) is 9.39. The highest BCUT2D eigenvalue weighted by Crippen LogP contribution is 2.25. The minimum absolute atomic E-state index is 0.712. The van der Waals surface area contributed by atoms with Gasteiger partial charge in [0.05, 0.1) is 12.7 Å². The van der Waals surface area contributed by atoms with Crippen LogP contribution in [0.25, 0.3) is 22.6 Å². The van der Waals surface area contributed by atoms with Crippen LogP contribution >= 0.6 is 0 Å². The number of benzene rings is 3. The molecular weight excluding hydrogens is 432 g/mol. The predicted molar refractivity (Wildman–Crippen MR) is 142 cm³/mol. The third-order valence-electron chi connectivity index (χ3n) is 6.86. The average molecular weight is 463 g/mol.